The minimum absolute atomic E-state index is 0.0413. The molecule has 0 radical (unpaired) electrons. The molecule has 0 aliphatic rings. The number of nitro benzene ring substituents is 1. The maximum atomic E-state index is 11.9. The van der Waals surface area contributed by atoms with Crippen molar-refractivity contribution in [2.24, 2.45) is 0 Å². The first-order chi connectivity index (χ1) is 8.06. The highest BCUT2D eigenvalue weighted by atomic mass is 19.1. The smallest absolute Gasteiger partial charge is 0.335 e. The summed E-state index contributed by atoms with van der Waals surface area (Å²) in [5, 5.41) is 19.4. The number of carboxylic acids is 1. The number of nitrogens with zero attached hydrogens (tertiary/aromatic N) is 1. The van der Waals surface area contributed by atoms with Crippen molar-refractivity contribution in [1.82, 2.24) is 0 Å². The molecule has 0 unspecified atom stereocenters. The highest BCUT2D eigenvalue weighted by molar-refractivity contribution is 5.88. The Bertz CT molecular complexity index is 435. The molecule has 1 N–H and O–H groups in total. The molecule has 0 aromatic heterocycles. The lowest BCUT2D eigenvalue weighted by molar-refractivity contribution is -0.385. The molecule has 0 aliphatic carbocycles. The summed E-state index contributed by atoms with van der Waals surface area (Å²) < 4.78 is 16.8. The number of nitro groups is 1. The minimum Gasteiger partial charge on any atom is -0.487 e. The zero-order valence-corrected chi connectivity index (χ0v) is 8.76. The molecule has 0 saturated carbocycles. The van der Waals surface area contributed by atoms with Crippen LogP contribution in [0, 0.1) is 10.1 Å². The molecule has 6 nitrogen and oxygen atoms in total. The van der Waals surface area contributed by atoms with Gasteiger partial charge in [0.05, 0.1) is 23.8 Å². The molecule has 1 aromatic carbocycles. The van der Waals surface area contributed by atoms with E-state index in [9.17, 15) is 19.3 Å². The van der Waals surface area contributed by atoms with Gasteiger partial charge in [-0.25, -0.2) is 4.79 Å². The van der Waals surface area contributed by atoms with E-state index in [1.807, 2.05) is 0 Å². The van der Waals surface area contributed by atoms with Gasteiger partial charge in [0.1, 0.15) is 0 Å². The lowest BCUT2D eigenvalue weighted by Crippen LogP contribution is -2.04. The quantitative estimate of drug-likeness (QED) is 0.469. The van der Waals surface area contributed by atoms with Crippen LogP contribution in [-0.2, 0) is 0 Å². The molecule has 0 spiro atoms. The molecule has 7 heteroatoms. The number of aromatic carboxylic acids is 1. The predicted molar refractivity (Wildman–Crippen MR) is 56.1 cm³/mol. The topological polar surface area (TPSA) is 89.7 Å². The average Bonchev–Trinajstić information content (AvgIpc) is 2.28. The van der Waals surface area contributed by atoms with Gasteiger partial charge in [0, 0.05) is 18.6 Å². The van der Waals surface area contributed by atoms with Crippen LogP contribution in [-0.4, -0.2) is 29.3 Å². The number of halogens is 1. The van der Waals surface area contributed by atoms with Crippen LogP contribution in [0.2, 0.25) is 0 Å². The summed E-state index contributed by atoms with van der Waals surface area (Å²) in [7, 11) is 0. The van der Waals surface area contributed by atoms with Crippen LogP contribution in [0.25, 0.3) is 0 Å². The zero-order chi connectivity index (χ0) is 12.8. The second kappa shape index (κ2) is 5.78. The lowest BCUT2D eigenvalue weighted by atomic mass is 10.2. The van der Waals surface area contributed by atoms with Crippen LogP contribution in [0.15, 0.2) is 18.2 Å². The Kier molecular flexibility index (Phi) is 4.38. The van der Waals surface area contributed by atoms with Crippen molar-refractivity contribution in [3.05, 3.63) is 33.9 Å². The Morgan fingerprint density at radius 1 is 1.53 bits per heavy atom. The molecule has 17 heavy (non-hydrogen) atoms. The number of alkyl halides is 1. The normalized spacial score (nSPS) is 9.94. The fourth-order valence-corrected chi connectivity index (χ4v) is 1.15. The maximum Gasteiger partial charge on any atom is 0.335 e. The number of hydrogen-bond donors (Lipinski definition) is 1. The second-order valence-corrected chi connectivity index (χ2v) is 3.14. The second-order valence-electron chi connectivity index (χ2n) is 3.14. The van der Waals surface area contributed by atoms with Gasteiger partial charge in [0.15, 0.2) is 5.75 Å². The minimum atomic E-state index is -1.21. The summed E-state index contributed by atoms with van der Waals surface area (Å²) in [6, 6.07) is 3.22. The van der Waals surface area contributed by atoms with Gasteiger partial charge in [-0.05, 0) is 6.07 Å². The highest BCUT2D eigenvalue weighted by Crippen LogP contribution is 2.28. The van der Waals surface area contributed by atoms with Crippen molar-refractivity contribution in [2.75, 3.05) is 13.3 Å². The Hall–Kier alpha value is -2.18. The summed E-state index contributed by atoms with van der Waals surface area (Å²) in [5.41, 5.74) is -0.459. The van der Waals surface area contributed by atoms with Crippen LogP contribution in [0.1, 0.15) is 16.8 Å². The third-order valence-electron chi connectivity index (χ3n) is 1.94. The molecule has 0 saturated heterocycles. The fourth-order valence-electron chi connectivity index (χ4n) is 1.15. The van der Waals surface area contributed by atoms with E-state index in [4.69, 9.17) is 9.84 Å². The third-order valence-corrected chi connectivity index (χ3v) is 1.94. The Morgan fingerprint density at radius 3 is 2.76 bits per heavy atom. The van der Waals surface area contributed by atoms with Gasteiger partial charge in [-0.15, -0.1) is 0 Å². The predicted octanol–water partition coefficient (Wildman–Crippen LogP) is 2.03. The molecule has 1 aromatic rings. The SMILES string of the molecule is O=C(O)c1ccc([N+](=O)[O-])c(OCCCF)c1. The molecule has 0 atom stereocenters. The Labute approximate surface area is 95.8 Å². The van der Waals surface area contributed by atoms with Crippen LogP contribution in [0.3, 0.4) is 0 Å². The number of carbonyl (C=O) groups is 1. The molecule has 0 fully saturated rings. The first-order valence-electron chi connectivity index (χ1n) is 4.76. The highest BCUT2D eigenvalue weighted by Gasteiger charge is 2.17. The monoisotopic (exact) mass is 243 g/mol. The van der Waals surface area contributed by atoms with Crippen molar-refractivity contribution in [1.29, 1.82) is 0 Å². The van der Waals surface area contributed by atoms with Crippen molar-refractivity contribution < 1.29 is 24.0 Å². The summed E-state index contributed by atoms with van der Waals surface area (Å²) in [4.78, 5) is 20.6. The van der Waals surface area contributed by atoms with Crippen molar-refractivity contribution in [3.8, 4) is 5.75 Å². The molecule has 92 valence electrons. The van der Waals surface area contributed by atoms with Gasteiger partial charge in [-0.1, -0.05) is 0 Å². The molecule has 0 bridgehead atoms. The van der Waals surface area contributed by atoms with E-state index in [2.05, 4.69) is 0 Å². The molecular weight excluding hydrogens is 233 g/mol. The van der Waals surface area contributed by atoms with Crippen molar-refractivity contribution in [2.45, 2.75) is 6.42 Å². The van der Waals surface area contributed by atoms with Gasteiger partial charge in [0.2, 0.25) is 0 Å². The van der Waals surface area contributed by atoms with Gasteiger partial charge in [-0.3, -0.25) is 14.5 Å². The maximum absolute atomic E-state index is 11.9. The number of ether oxygens (including phenoxy) is 1. The molecular formula is C10H10FNO5. The first-order valence-corrected chi connectivity index (χ1v) is 4.76. The van der Waals surface area contributed by atoms with Gasteiger partial charge in [0.25, 0.3) is 0 Å². The van der Waals surface area contributed by atoms with Crippen LogP contribution >= 0.6 is 0 Å². The van der Waals surface area contributed by atoms with Crippen LogP contribution in [0.4, 0.5) is 10.1 Å². The van der Waals surface area contributed by atoms with Crippen LogP contribution < -0.4 is 4.74 Å². The fraction of sp³-hybridized carbons (Fsp3) is 0.300. The van der Waals surface area contributed by atoms with Crippen LogP contribution in [0.5, 0.6) is 5.75 Å². The van der Waals surface area contributed by atoms with E-state index < -0.39 is 17.6 Å². The van der Waals surface area contributed by atoms with Crippen molar-refractivity contribution in [3.63, 3.8) is 0 Å². The third kappa shape index (κ3) is 3.40. The standard InChI is InChI=1S/C10H10FNO5/c11-4-1-5-17-9-6-7(10(13)14)2-3-8(9)12(15)16/h2-3,6H,1,4-5H2,(H,13,14). The van der Waals surface area contributed by atoms with Gasteiger partial charge < -0.3 is 9.84 Å². The Balaban J connectivity index is 2.98. The lowest BCUT2D eigenvalue weighted by Gasteiger charge is -2.06. The molecule has 0 heterocycles. The summed E-state index contributed by atoms with van der Waals surface area (Å²) in [6.45, 7) is -0.646. The number of rotatable bonds is 6. The van der Waals surface area contributed by atoms with E-state index in [1.54, 1.807) is 0 Å². The van der Waals surface area contributed by atoms with Crippen molar-refractivity contribution >= 4 is 11.7 Å². The molecule has 1 rings (SSSR count). The van der Waals surface area contributed by atoms with E-state index in [0.29, 0.717) is 0 Å². The van der Waals surface area contributed by atoms with Gasteiger partial charge in [-0.2, -0.15) is 0 Å². The summed E-state index contributed by atoms with van der Waals surface area (Å²) in [6.07, 6.45) is 0.0917. The number of hydrogen-bond acceptors (Lipinski definition) is 4. The van der Waals surface area contributed by atoms with Gasteiger partial charge >= 0.3 is 11.7 Å². The average molecular weight is 243 g/mol. The number of carboxylic acid groups (broad SMARTS) is 1. The Morgan fingerprint density at radius 2 is 2.24 bits per heavy atom. The van der Waals surface area contributed by atoms with E-state index in [1.165, 1.54) is 0 Å². The first kappa shape index (κ1) is 12.9. The van der Waals surface area contributed by atoms with E-state index in [0.717, 1.165) is 18.2 Å². The molecule has 0 amide bonds. The molecule has 0 aliphatic heterocycles. The zero-order valence-electron chi connectivity index (χ0n) is 8.76. The number of benzene rings is 1. The van der Waals surface area contributed by atoms with E-state index >= 15 is 0 Å². The summed E-state index contributed by atoms with van der Waals surface area (Å²) in [5.74, 6) is -1.38. The summed E-state index contributed by atoms with van der Waals surface area (Å²) >= 11 is 0. The largest absolute Gasteiger partial charge is 0.487 e. The van der Waals surface area contributed by atoms with E-state index in [-0.39, 0.29) is 30.0 Å².